The Hall–Kier alpha value is -1.01. The fourth-order valence-corrected chi connectivity index (χ4v) is 9.74. The Bertz CT molecular complexity index is 1340. The Kier molecular flexibility index (Phi) is 11.7. The number of hydrogen-bond acceptors (Lipinski definition) is 0. The molecule has 0 aromatic heterocycles. The van der Waals surface area contributed by atoms with Crippen molar-refractivity contribution < 1.29 is 49.0 Å². The summed E-state index contributed by atoms with van der Waals surface area (Å²) in [6.45, 7) is 20.3. The molecule has 0 nitrogen and oxygen atoms in total. The SMILES string of the molecule is C[C-]1C2=C3Cc4ccccc4C3=C3C=CCCC3C2(C)C(C)(C)C(C)(C)C1(C)C.[Cl-].[Cl-].[Zr+2]=[C]1CCCCC1.c1cc[cH-]c1. The zero-order valence-electron chi connectivity index (χ0n) is 27.8. The molecule has 3 heteroatoms. The van der Waals surface area contributed by atoms with Crippen LogP contribution in [-0.4, -0.2) is 3.21 Å². The molecule has 2 unspecified atom stereocenters. The number of allylic oxidation sites excluding steroid dienone is 6. The molecular formula is C40H52Cl2Zr-2. The summed E-state index contributed by atoms with van der Waals surface area (Å²) in [5, 5.41) is 0. The molecular weight excluding hydrogens is 643 g/mol. The fourth-order valence-electron chi connectivity index (χ4n) is 8.87. The third-order valence-electron chi connectivity index (χ3n) is 12.8. The molecule has 0 amide bonds. The Morgan fingerprint density at radius 1 is 0.837 bits per heavy atom. The van der Waals surface area contributed by atoms with Gasteiger partial charge in [-0.25, -0.2) is 18.1 Å². The van der Waals surface area contributed by atoms with Crippen molar-refractivity contribution in [1.82, 2.24) is 0 Å². The van der Waals surface area contributed by atoms with Gasteiger partial charge in [-0.1, -0.05) is 113 Å². The minimum absolute atomic E-state index is 0. The molecule has 7 rings (SSSR count). The Morgan fingerprint density at radius 3 is 2.02 bits per heavy atom. The number of halogens is 2. The first-order valence-electron chi connectivity index (χ1n) is 16.2. The van der Waals surface area contributed by atoms with Crippen LogP contribution in [0.5, 0.6) is 0 Å². The molecule has 43 heavy (non-hydrogen) atoms. The molecule has 232 valence electrons. The van der Waals surface area contributed by atoms with Crippen LogP contribution in [-0.2, 0) is 30.7 Å². The maximum atomic E-state index is 2.62. The second-order valence-electron chi connectivity index (χ2n) is 14.9. The first kappa shape index (κ1) is 36.5. The predicted molar refractivity (Wildman–Crippen MR) is 174 cm³/mol. The van der Waals surface area contributed by atoms with Gasteiger partial charge >= 0.3 is 59.5 Å². The molecule has 5 aliphatic carbocycles. The van der Waals surface area contributed by atoms with E-state index in [1.807, 2.05) is 30.3 Å². The zero-order chi connectivity index (χ0) is 29.6. The van der Waals surface area contributed by atoms with Crippen LogP contribution in [0.25, 0.3) is 5.57 Å². The number of hydrogen-bond donors (Lipinski definition) is 0. The molecule has 2 aromatic rings. The monoisotopic (exact) mass is 692 g/mol. The maximum absolute atomic E-state index is 2.62. The first-order valence-corrected chi connectivity index (χ1v) is 17.4. The molecule has 0 saturated heterocycles. The van der Waals surface area contributed by atoms with Crippen molar-refractivity contribution >= 4 is 8.78 Å². The van der Waals surface area contributed by atoms with Gasteiger partial charge < -0.3 is 24.8 Å². The molecule has 0 spiro atoms. The van der Waals surface area contributed by atoms with Crippen LogP contribution >= 0.6 is 0 Å². The van der Waals surface area contributed by atoms with Gasteiger partial charge in [0, 0.05) is 0 Å². The fraction of sp³-hybridized carbons (Fsp3) is 0.525. The normalized spacial score (nSPS) is 27.1. The molecule has 2 aromatic carbocycles. The van der Waals surface area contributed by atoms with Crippen molar-refractivity contribution in [2.75, 3.05) is 0 Å². The van der Waals surface area contributed by atoms with Crippen molar-refractivity contribution in [3.63, 3.8) is 0 Å². The molecule has 2 atom stereocenters. The van der Waals surface area contributed by atoms with E-state index in [-0.39, 0.29) is 46.5 Å². The van der Waals surface area contributed by atoms with Crippen LogP contribution in [0.2, 0.25) is 0 Å². The van der Waals surface area contributed by atoms with Gasteiger partial charge in [-0.3, -0.25) is 0 Å². The standard InChI is InChI=1S/C29H37.C6H10.C5H5.2ClH.Zr/c1-18-25-22-17-19-13-9-10-14-20(19)24(22)21-15-11-12-16-23(21)29(25,8)28(6,7)27(4,5)26(18,2)3;1-2-4-6-5-3-1;1-2-4-5-3-1;;;/h9-11,13-15,23H,12,16-17H2,1-8H3;1-5H2;1-5H;2*1H;/q-1;;-1;;;+2/p-2. The van der Waals surface area contributed by atoms with Crippen molar-refractivity contribution in [2.45, 2.75) is 107 Å². The molecule has 5 aliphatic rings. The minimum atomic E-state index is 0. The summed E-state index contributed by atoms with van der Waals surface area (Å²) in [5.41, 5.74) is 10.3. The number of rotatable bonds is 0. The van der Waals surface area contributed by atoms with Crippen molar-refractivity contribution in [3.05, 3.63) is 101 Å². The predicted octanol–water partition coefficient (Wildman–Crippen LogP) is 5.05. The molecule has 0 heterocycles. The second-order valence-corrected chi connectivity index (χ2v) is 16.6. The average molecular weight is 695 g/mol. The van der Waals surface area contributed by atoms with Crippen LogP contribution in [0.3, 0.4) is 0 Å². The molecule has 2 saturated carbocycles. The van der Waals surface area contributed by atoms with Gasteiger partial charge in [0.2, 0.25) is 0 Å². The van der Waals surface area contributed by atoms with E-state index in [9.17, 15) is 0 Å². The Labute approximate surface area is 290 Å². The average Bonchev–Trinajstić information content (AvgIpc) is 3.65. The molecule has 0 aliphatic heterocycles. The summed E-state index contributed by atoms with van der Waals surface area (Å²) in [6, 6.07) is 19.2. The smallest absolute Gasteiger partial charge is 0.172 e. The van der Waals surface area contributed by atoms with E-state index in [2.05, 4.69) is 91.8 Å². The third-order valence-corrected chi connectivity index (χ3v) is 14.0. The van der Waals surface area contributed by atoms with Gasteiger partial charge in [0.05, 0.1) is 0 Å². The van der Waals surface area contributed by atoms with Gasteiger partial charge in [-0.2, -0.15) is 29.3 Å². The molecule has 0 bridgehead atoms. The molecule has 0 N–H and O–H groups in total. The van der Waals surface area contributed by atoms with E-state index >= 15 is 0 Å². The van der Waals surface area contributed by atoms with Gasteiger partial charge in [0.15, 0.2) is 0 Å². The third kappa shape index (κ3) is 5.88. The summed E-state index contributed by atoms with van der Waals surface area (Å²) in [5.74, 6) is 2.24. The summed E-state index contributed by atoms with van der Waals surface area (Å²) in [6.07, 6.45) is 15.8. The van der Waals surface area contributed by atoms with E-state index in [1.165, 1.54) is 56.1 Å². The largest absolute Gasteiger partial charge is 0.214 e. The quantitative estimate of drug-likeness (QED) is 0.339. The Balaban J connectivity index is 0.000000302. The summed E-state index contributed by atoms with van der Waals surface area (Å²) in [7, 11) is 0. The van der Waals surface area contributed by atoms with Crippen molar-refractivity contribution in [2.24, 2.45) is 27.6 Å². The van der Waals surface area contributed by atoms with E-state index in [0.29, 0.717) is 5.92 Å². The van der Waals surface area contributed by atoms with Crippen LogP contribution in [0.15, 0.2) is 83.5 Å². The number of fused-ring (bicyclic) bond motifs is 6. The van der Waals surface area contributed by atoms with E-state index in [1.54, 1.807) is 55.7 Å². The van der Waals surface area contributed by atoms with Gasteiger partial charge in [0.1, 0.15) is 0 Å². The number of benzene rings is 1. The van der Waals surface area contributed by atoms with Crippen LogP contribution in [0.4, 0.5) is 0 Å². The Morgan fingerprint density at radius 2 is 1.47 bits per heavy atom. The second kappa shape index (κ2) is 13.8. The van der Waals surface area contributed by atoms with Gasteiger partial charge in [0.25, 0.3) is 0 Å². The van der Waals surface area contributed by atoms with Gasteiger partial charge in [-0.15, -0.1) is 6.92 Å². The summed E-state index contributed by atoms with van der Waals surface area (Å²) in [4.78, 5) is 0. The van der Waals surface area contributed by atoms with E-state index < -0.39 is 0 Å². The maximum Gasteiger partial charge on any atom is -0.172 e. The van der Waals surface area contributed by atoms with Gasteiger partial charge in [-0.05, 0) is 40.6 Å². The van der Waals surface area contributed by atoms with E-state index in [4.69, 9.17) is 0 Å². The van der Waals surface area contributed by atoms with Crippen LogP contribution < -0.4 is 24.8 Å². The van der Waals surface area contributed by atoms with Crippen LogP contribution in [0.1, 0.15) is 111 Å². The zero-order valence-corrected chi connectivity index (χ0v) is 31.8. The van der Waals surface area contributed by atoms with E-state index in [0.717, 1.165) is 6.42 Å². The topological polar surface area (TPSA) is 0 Å². The minimum Gasteiger partial charge on any atom is -0.214 e. The molecule has 0 radical (unpaired) electrons. The van der Waals surface area contributed by atoms with Crippen molar-refractivity contribution in [3.8, 4) is 0 Å². The molecule has 2 fully saturated rings. The van der Waals surface area contributed by atoms with Crippen LogP contribution in [0, 0.1) is 33.5 Å². The summed E-state index contributed by atoms with van der Waals surface area (Å²) >= 11 is 1.69. The summed E-state index contributed by atoms with van der Waals surface area (Å²) < 4.78 is 1.80. The first-order chi connectivity index (χ1) is 19.4. The van der Waals surface area contributed by atoms with Crippen molar-refractivity contribution in [1.29, 1.82) is 0 Å².